The molecule has 0 radical (unpaired) electrons. The Bertz CT molecular complexity index is 943. The standard InChI is InChI=1S/C23H27ClN2O4S/c24-19-8-4-3-7-17(19)20-13-31-23(25-20)26-12-15(27)9-10-16(14-5-1-2-6-14)18(22(26)30)11-21(28)29/h3-4,7-8,13-16,18,27H,1-2,5-6,9-12H2,(H,28,29)/t15-,16-,18-/m0/s1. The monoisotopic (exact) mass is 462 g/mol. The van der Waals surface area contributed by atoms with Crippen LogP contribution in [0.1, 0.15) is 44.9 Å². The first-order valence-corrected chi connectivity index (χ1v) is 12.1. The van der Waals surface area contributed by atoms with E-state index in [-0.39, 0.29) is 24.8 Å². The van der Waals surface area contributed by atoms with E-state index in [4.69, 9.17) is 11.6 Å². The SMILES string of the molecule is O=C(O)C[C@@H]1C(=O)N(c2nc(-c3ccccc3Cl)cs2)C[C@@H](O)CC[C@H]1C1CCCC1. The first-order valence-electron chi connectivity index (χ1n) is 10.9. The number of β-amino-alcohol motifs (C(OH)–C–C–N with tert-alkyl or cyclic N) is 1. The molecule has 2 heterocycles. The van der Waals surface area contributed by atoms with Crippen molar-refractivity contribution < 1.29 is 19.8 Å². The van der Waals surface area contributed by atoms with Crippen LogP contribution in [-0.4, -0.2) is 39.7 Å². The maximum atomic E-state index is 13.7. The van der Waals surface area contributed by atoms with Gasteiger partial charge < -0.3 is 10.2 Å². The second-order valence-electron chi connectivity index (χ2n) is 8.59. The lowest BCUT2D eigenvalue weighted by Gasteiger charge is -2.37. The molecule has 6 nitrogen and oxygen atoms in total. The van der Waals surface area contributed by atoms with Crippen LogP contribution < -0.4 is 4.90 Å². The van der Waals surface area contributed by atoms with Crippen molar-refractivity contribution in [1.82, 2.24) is 4.98 Å². The molecule has 2 N–H and O–H groups in total. The van der Waals surface area contributed by atoms with Gasteiger partial charge in [-0.3, -0.25) is 14.5 Å². The fourth-order valence-corrected chi connectivity index (χ4v) is 6.16. The molecule has 0 unspecified atom stereocenters. The van der Waals surface area contributed by atoms with Gasteiger partial charge in [0.1, 0.15) is 0 Å². The lowest BCUT2D eigenvalue weighted by atomic mass is 9.74. The van der Waals surface area contributed by atoms with Crippen molar-refractivity contribution in [1.29, 1.82) is 0 Å². The fourth-order valence-electron chi connectivity index (χ4n) is 5.09. The summed E-state index contributed by atoms with van der Waals surface area (Å²) in [5.41, 5.74) is 1.44. The van der Waals surface area contributed by atoms with Crippen molar-refractivity contribution in [2.75, 3.05) is 11.4 Å². The average Bonchev–Trinajstić information content (AvgIpc) is 3.43. The lowest BCUT2D eigenvalue weighted by molar-refractivity contribution is -0.142. The van der Waals surface area contributed by atoms with E-state index >= 15 is 0 Å². The van der Waals surface area contributed by atoms with Crippen molar-refractivity contribution >= 4 is 39.9 Å². The summed E-state index contributed by atoms with van der Waals surface area (Å²) < 4.78 is 0. The van der Waals surface area contributed by atoms with Gasteiger partial charge >= 0.3 is 5.97 Å². The number of carbonyl (C=O) groups excluding carboxylic acids is 1. The van der Waals surface area contributed by atoms with Crippen LogP contribution in [0.25, 0.3) is 11.3 Å². The van der Waals surface area contributed by atoms with E-state index in [0.717, 1.165) is 31.2 Å². The van der Waals surface area contributed by atoms with Crippen LogP contribution in [0.15, 0.2) is 29.6 Å². The highest BCUT2D eigenvalue weighted by Gasteiger charge is 2.41. The molecular formula is C23H27ClN2O4S. The Hall–Kier alpha value is -1.96. The van der Waals surface area contributed by atoms with Crippen LogP contribution in [0.5, 0.6) is 0 Å². The summed E-state index contributed by atoms with van der Waals surface area (Å²) in [6.07, 6.45) is 4.69. The van der Waals surface area contributed by atoms with Gasteiger partial charge in [-0.2, -0.15) is 0 Å². The number of anilines is 1. The van der Waals surface area contributed by atoms with Gasteiger partial charge in [-0.25, -0.2) is 4.98 Å². The number of thiazole rings is 1. The zero-order valence-corrected chi connectivity index (χ0v) is 18.8. The van der Waals surface area contributed by atoms with Crippen LogP contribution in [0.2, 0.25) is 5.02 Å². The number of aromatic nitrogens is 1. The Balaban J connectivity index is 1.67. The van der Waals surface area contributed by atoms with Gasteiger partial charge in [0.15, 0.2) is 5.13 Å². The van der Waals surface area contributed by atoms with E-state index in [1.807, 2.05) is 23.6 Å². The summed E-state index contributed by atoms with van der Waals surface area (Å²) in [5, 5.41) is 23.0. The molecular weight excluding hydrogens is 436 g/mol. The molecule has 1 aliphatic heterocycles. The molecule has 1 saturated heterocycles. The fraction of sp³-hybridized carbons (Fsp3) is 0.522. The quantitative estimate of drug-likeness (QED) is 0.662. The third-order valence-corrected chi connectivity index (χ3v) is 7.79. The van der Waals surface area contributed by atoms with Gasteiger partial charge in [0.25, 0.3) is 0 Å². The van der Waals surface area contributed by atoms with E-state index < -0.39 is 18.0 Å². The van der Waals surface area contributed by atoms with Gasteiger partial charge in [0.05, 0.1) is 30.7 Å². The number of benzene rings is 1. The second kappa shape index (κ2) is 9.67. The van der Waals surface area contributed by atoms with E-state index in [1.54, 1.807) is 6.07 Å². The Morgan fingerprint density at radius 3 is 2.65 bits per heavy atom. The number of nitrogens with zero attached hydrogens (tertiary/aromatic N) is 2. The van der Waals surface area contributed by atoms with E-state index in [1.165, 1.54) is 16.2 Å². The summed E-state index contributed by atoms with van der Waals surface area (Å²) in [7, 11) is 0. The highest BCUT2D eigenvalue weighted by molar-refractivity contribution is 7.14. The Kier molecular flexibility index (Phi) is 6.94. The summed E-state index contributed by atoms with van der Waals surface area (Å²) in [6, 6.07) is 7.38. The molecule has 0 spiro atoms. The highest BCUT2D eigenvalue weighted by Crippen LogP contribution is 2.42. The predicted octanol–water partition coefficient (Wildman–Crippen LogP) is 4.85. The van der Waals surface area contributed by atoms with Crippen LogP contribution in [0.3, 0.4) is 0 Å². The maximum absolute atomic E-state index is 13.7. The molecule has 3 atom stereocenters. The number of halogens is 1. The van der Waals surface area contributed by atoms with Crippen LogP contribution in [0.4, 0.5) is 5.13 Å². The minimum atomic E-state index is -0.960. The molecule has 1 aliphatic carbocycles. The average molecular weight is 463 g/mol. The van der Waals surface area contributed by atoms with Crippen molar-refractivity contribution in [3.63, 3.8) is 0 Å². The van der Waals surface area contributed by atoms with Crippen LogP contribution in [-0.2, 0) is 9.59 Å². The van der Waals surface area contributed by atoms with Gasteiger partial charge in [0.2, 0.25) is 5.91 Å². The zero-order valence-electron chi connectivity index (χ0n) is 17.2. The predicted molar refractivity (Wildman–Crippen MR) is 121 cm³/mol. The number of hydrogen-bond donors (Lipinski definition) is 2. The summed E-state index contributed by atoms with van der Waals surface area (Å²) >= 11 is 7.62. The minimum Gasteiger partial charge on any atom is -0.481 e. The maximum Gasteiger partial charge on any atom is 0.304 e. The van der Waals surface area contributed by atoms with Crippen LogP contribution in [0, 0.1) is 17.8 Å². The topological polar surface area (TPSA) is 90.7 Å². The number of amides is 1. The number of carbonyl (C=O) groups is 2. The molecule has 2 aromatic rings. The second-order valence-corrected chi connectivity index (χ2v) is 9.83. The normalized spacial score (nSPS) is 25.4. The molecule has 4 rings (SSSR count). The van der Waals surface area contributed by atoms with Crippen LogP contribution >= 0.6 is 22.9 Å². The first-order chi connectivity index (χ1) is 14.9. The molecule has 1 aromatic carbocycles. The summed E-state index contributed by atoms with van der Waals surface area (Å²) in [6.45, 7) is 0.127. The molecule has 0 bridgehead atoms. The van der Waals surface area contributed by atoms with Gasteiger partial charge in [0, 0.05) is 16.0 Å². The Labute approximate surface area is 190 Å². The number of aliphatic carboxylic acids is 1. The van der Waals surface area contributed by atoms with E-state index in [9.17, 15) is 19.8 Å². The van der Waals surface area contributed by atoms with Crippen molar-refractivity contribution in [3.8, 4) is 11.3 Å². The Morgan fingerprint density at radius 1 is 1.19 bits per heavy atom. The molecule has 2 fully saturated rings. The zero-order chi connectivity index (χ0) is 22.0. The number of hydrogen-bond acceptors (Lipinski definition) is 5. The third-order valence-electron chi connectivity index (χ3n) is 6.60. The molecule has 1 saturated carbocycles. The van der Waals surface area contributed by atoms with Gasteiger partial charge in [-0.05, 0) is 30.7 Å². The smallest absolute Gasteiger partial charge is 0.304 e. The molecule has 8 heteroatoms. The molecule has 166 valence electrons. The van der Waals surface area contributed by atoms with Crippen molar-refractivity contribution in [2.24, 2.45) is 17.8 Å². The molecule has 31 heavy (non-hydrogen) atoms. The van der Waals surface area contributed by atoms with Gasteiger partial charge in [-0.15, -0.1) is 11.3 Å². The number of aliphatic hydroxyl groups is 1. The number of carboxylic acid groups (broad SMARTS) is 1. The van der Waals surface area contributed by atoms with Crippen molar-refractivity contribution in [3.05, 3.63) is 34.7 Å². The van der Waals surface area contributed by atoms with Crippen molar-refractivity contribution in [2.45, 2.75) is 51.0 Å². The minimum absolute atomic E-state index is 0.0217. The number of carboxylic acids is 1. The molecule has 2 aliphatic rings. The largest absolute Gasteiger partial charge is 0.481 e. The third kappa shape index (κ3) is 4.94. The lowest BCUT2D eigenvalue weighted by Crippen LogP contribution is -2.47. The van der Waals surface area contributed by atoms with Gasteiger partial charge in [-0.1, -0.05) is 55.5 Å². The highest BCUT2D eigenvalue weighted by atomic mass is 35.5. The summed E-state index contributed by atoms with van der Waals surface area (Å²) in [5.74, 6) is -1.47. The number of rotatable bonds is 5. The van der Waals surface area contributed by atoms with E-state index in [2.05, 4.69) is 4.98 Å². The summed E-state index contributed by atoms with van der Waals surface area (Å²) in [4.78, 5) is 31.5. The van der Waals surface area contributed by atoms with E-state index in [0.29, 0.717) is 34.6 Å². The first kappa shape index (κ1) is 22.2. The number of aliphatic hydroxyl groups excluding tert-OH is 1. The molecule has 1 amide bonds. The Morgan fingerprint density at radius 2 is 1.94 bits per heavy atom. The molecule has 1 aromatic heterocycles.